The van der Waals surface area contributed by atoms with Gasteiger partial charge in [0.25, 0.3) is 0 Å². The Kier molecular flexibility index (Phi) is 2.42. The van der Waals surface area contributed by atoms with Crippen LogP contribution in [0.3, 0.4) is 0 Å². The first-order valence-corrected chi connectivity index (χ1v) is 5.06. The maximum absolute atomic E-state index is 12.1. The molecule has 0 atom stereocenters. The van der Waals surface area contributed by atoms with Crippen molar-refractivity contribution in [2.45, 2.75) is 36.3 Å². The minimum Gasteiger partial charge on any atom is -0.248 e. The van der Waals surface area contributed by atoms with Crippen molar-refractivity contribution in [1.29, 1.82) is 0 Å². The first-order chi connectivity index (χ1) is 6.56. The number of aryl methyl sites for hydroxylation is 1. The van der Waals surface area contributed by atoms with Crippen molar-refractivity contribution in [2.75, 3.05) is 0 Å². The third-order valence-corrected chi connectivity index (χ3v) is 2.79. The molecule has 0 N–H and O–H groups in total. The van der Waals surface area contributed by atoms with E-state index in [4.69, 9.17) is 0 Å². The van der Waals surface area contributed by atoms with Crippen LogP contribution in [0.5, 0.6) is 0 Å². The second kappa shape index (κ2) is 3.45. The van der Waals surface area contributed by atoms with Crippen LogP contribution >= 0.6 is 11.8 Å². The van der Waals surface area contributed by atoms with Crippen LogP contribution < -0.4 is 0 Å². The molecule has 0 spiro atoms. The molecule has 1 aliphatic heterocycles. The molecule has 0 unspecified atom stereocenters. The van der Waals surface area contributed by atoms with Crippen molar-refractivity contribution in [3.05, 3.63) is 5.69 Å². The number of fused-ring (bicyclic) bond motifs is 1. The second-order valence-corrected chi connectivity index (χ2v) is 4.12. The molecule has 2 rings (SSSR count). The Labute approximate surface area is 82.7 Å². The summed E-state index contributed by atoms with van der Waals surface area (Å²) in [6.07, 6.45) is 2.52. The average Bonchev–Trinajstić information content (AvgIpc) is 2.47. The standard InChI is InChI=1S/C7H8F3N3S/c8-7(9,10)14-6-5-3-1-2-4-13(5)12-11-6/h1-4H2. The fourth-order valence-electron chi connectivity index (χ4n) is 1.48. The maximum atomic E-state index is 12.1. The van der Waals surface area contributed by atoms with E-state index >= 15 is 0 Å². The number of alkyl halides is 3. The van der Waals surface area contributed by atoms with E-state index in [-0.39, 0.29) is 16.8 Å². The van der Waals surface area contributed by atoms with Gasteiger partial charge >= 0.3 is 5.51 Å². The average molecular weight is 223 g/mol. The van der Waals surface area contributed by atoms with Gasteiger partial charge in [-0.2, -0.15) is 13.2 Å². The zero-order chi connectivity index (χ0) is 10.2. The quantitative estimate of drug-likeness (QED) is 0.684. The number of rotatable bonds is 1. The van der Waals surface area contributed by atoms with Gasteiger partial charge in [0.15, 0.2) is 5.03 Å². The van der Waals surface area contributed by atoms with Crippen LogP contribution in [0.4, 0.5) is 13.2 Å². The topological polar surface area (TPSA) is 30.7 Å². The first kappa shape index (κ1) is 9.82. The molecule has 1 aromatic heterocycles. The van der Waals surface area contributed by atoms with Crippen molar-refractivity contribution < 1.29 is 13.2 Å². The molecule has 0 saturated heterocycles. The summed E-state index contributed by atoms with van der Waals surface area (Å²) in [5.41, 5.74) is -3.65. The number of aromatic nitrogens is 3. The number of nitrogens with zero attached hydrogens (tertiary/aromatic N) is 3. The van der Waals surface area contributed by atoms with Gasteiger partial charge in [0.05, 0.1) is 5.69 Å². The fourth-order valence-corrected chi connectivity index (χ4v) is 2.10. The predicted molar refractivity (Wildman–Crippen MR) is 44.9 cm³/mol. The highest BCUT2D eigenvalue weighted by atomic mass is 32.2. The van der Waals surface area contributed by atoms with Gasteiger partial charge in [-0.1, -0.05) is 5.21 Å². The van der Waals surface area contributed by atoms with Crippen LogP contribution in [0.1, 0.15) is 18.5 Å². The lowest BCUT2D eigenvalue weighted by Crippen LogP contribution is -2.12. The Balaban J connectivity index is 2.22. The van der Waals surface area contributed by atoms with E-state index in [0.29, 0.717) is 18.7 Å². The van der Waals surface area contributed by atoms with Gasteiger partial charge in [-0.15, -0.1) is 5.10 Å². The molecule has 0 fully saturated rings. The summed E-state index contributed by atoms with van der Waals surface area (Å²) in [5.74, 6) is 0. The molecule has 0 saturated carbocycles. The Morgan fingerprint density at radius 1 is 1.29 bits per heavy atom. The van der Waals surface area contributed by atoms with Gasteiger partial charge in [0, 0.05) is 18.3 Å². The molecular formula is C7H8F3N3S. The minimum absolute atomic E-state index is 0.0113. The molecule has 0 radical (unpaired) electrons. The highest BCUT2D eigenvalue weighted by molar-refractivity contribution is 8.00. The van der Waals surface area contributed by atoms with E-state index in [9.17, 15) is 13.2 Å². The summed E-state index contributed by atoms with van der Waals surface area (Å²) in [5, 5.41) is 7.24. The number of hydrogen-bond acceptors (Lipinski definition) is 3. The van der Waals surface area contributed by atoms with Gasteiger partial charge in [-0.3, -0.25) is 0 Å². The normalized spacial score (nSPS) is 16.8. The molecule has 7 heteroatoms. The molecule has 0 aliphatic carbocycles. The zero-order valence-electron chi connectivity index (χ0n) is 7.21. The monoisotopic (exact) mass is 223 g/mol. The maximum Gasteiger partial charge on any atom is 0.447 e. The summed E-state index contributed by atoms with van der Waals surface area (Å²) in [7, 11) is 0. The minimum atomic E-state index is -4.27. The molecule has 3 nitrogen and oxygen atoms in total. The third kappa shape index (κ3) is 2.02. The van der Waals surface area contributed by atoms with Crippen LogP contribution in [-0.2, 0) is 13.0 Å². The van der Waals surface area contributed by atoms with Crippen LogP contribution in [0.2, 0.25) is 0 Å². The van der Waals surface area contributed by atoms with E-state index in [1.165, 1.54) is 0 Å². The number of thioether (sulfide) groups is 1. The summed E-state index contributed by atoms with van der Waals surface area (Å²) in [4.78, 5) is 0. The number of halogens is 3. The zero-order valence-corrected chi connectivity index (χ0v) is 8.03. The lowest BCUT2D eigenvalue weighted by atomic mass is 10.1. The summed E-state index contributed by atoms with van der Waals surface area (Å²) >= 11 is -0.172. The molecule has 78 valence electrons. The smallest absolute Gasteiger partial charge is 0.248 e. The van der Waals surface area contributed by atoms with Crippen molar-refractivity contribution in [1.82, 2.24) is 15.0 Å². The van der Waals surface area contributed by atoms with Gasteiger partial charge < -0.3 is 0 Å². The van der Waals surface area contributed by atoms with Crippen LogP contribution in [0, 0.1) is 0 Å². The van der Waals surface area contributed by atoms with Gasteiger partial charge in [0.2, 0.25) is 0 Å². The highest BCUT2D eigenvalue weighted by Crippen LogP contribution is 2.38. The molecule has 0 amide bonds. The largest absolute Gasteiger partial charge is 0.447 e. The second-order valence-electron chi connectivity index (χ2n) is 3.07. The Morgan fingerprint density at radius 3 is 2.79 bits per heavy atom. The molecule has 14 heavy (non-hydrogen) atoms. The highest BCUT2D eigenvalue weighted by Gasteiger charge is 2.33. The molecule has 2 heterocycles. The van der Waals surface area contributed by atoms with Gasteiger partial charge in [0.1, 0.15) is 0 Å². The summed E-state index contributed by atoms with van der Waals surface area (Å²) in [6.45, 7) is 0.681. The van der Waals surface area contributed by atoms with Crippen LogP contribution in [0.25, 0.3) is 0 Å². The van der Waals surface area contributed by atoms with E-state index in [0.717, 1.165) is 12.8 Å². The fraction of sp³-hybridized carbons (Fsp3) is 0.714. The van der Waals surface area contributed by atoms with E-state index in [1.807, 2.05) is 0 Å². The van der Waals surface area contributed by atoms with Crippen LogP contribution in [0.15, 0.2) is 5.03 Å². The van der Waals surface area contributed by atoms with Crippen molar-refractivity contribution in [3.8, 4) is 0 Å². The molecular weight excluding hydrogens is 215 g/mol. The van der Waals surface area contributed by atoms with Gasteiger partial charge in [-0.25, -0.2) is 4.68 Å². The molecule has 1 aliphatic rings. The lowest BCUT2D eigenvalue weighted by molar-refractivity contribution is -0.0329. The first-order valence-electron chi connectivity index (χ1n) is 4.24. The van der Waals surface area contributed by atoms with E-state index in [1.54, 1.807) is 4.68 Å². The summed E-state index contributed by atoms with van der Waals surface area (Å²) < 4.78 is 37.8. The Bertz CT molecular complexity index is 333. The van der Waals surface area contributed by atoms with Crippen molar-refractivity contribution in [3.63, 3.8) is 0 Å². The van der Waals surface area contributed by atoms with E-state index < -0.39 is 5.51 Å². The van der Waals surface area contributed by atoms with Crippen molar-refractivity contribution in [2.24, 2.45) is 0 Å². The predicted octanol–water partition coefficient (Wildman–Crippen LogP) is 2.23. The van der Waals surface area contributed by atoms with Crippen molar-refractivity contribution >= 4 is 11.8 Å². The summed E-state index contributed by atoms with van der Waals surface area (Å²) in [6, 6.07) is 0. The Hall–Kier alpha value is -0.720. The third-order valence-electron chi connectivity index (χ3n) is 2.05. The Morgan fingerprint density at radius 2 is 2.07 bits per heavy atom. The SMILES string of the molecule is FC(F)(F)Sc1nnn2c1CCCC2. The number of hydrogen-bond donors (Lipinski definition) is 0. The van der Waals surface area contributed by atoms with E-state index in [2.05, 4.69) is 10.3 Å². The molecule has 1 aromatic rings. The van der Waals surface area contributed by atoms with Gasteiger partial charge in [-0.05, 0) is 19.3 Å². The van der Waals surface area contributed by atoms with Crippen LogP contribution in [-0.4, -0.2) is 20.5 Å². The molecule has 0 bridgehead atoms. The molecule has 0 aromatic carbocycles. The lowest BCUT2D eigenvalue weighted by Gasteiger charge is -2.12.